The maximum absolute atomic E-state index is 9.46. The van der Waals surface area contributed by atoms with E-state index in [1.807, 2.05) is 0 Å². The van der Waals surface area contributed by atoms with Crippen LogP contribution in [0.1, 0.15) is 6.42 Å². The van der Waals surface area contributed by atoms with E-state index in [0.29, 0.717) is 5.75 Å². The van der Waals surface area contributed by atoms with Crippen LogP contribution in [0.4, 0.5) is 0 Å². The van der Waals surface area contributed by atoms with Crippen molar-refractivity contribution in [1.82, 2.24) is 5.32 Å². The van der Waals surface area contributed by atoms with Gasteiger partial charge in [-0.3, -0.25) is 0 Å². The molecule has 4 heteroatoms. The Bertz CT molecular complexity index is 321. The molecule has 1 saturated heterocycles. The lowest BCUT2D eigenvalue weighted by Gasteiger charge is -2.13. The Morgan fingerprint density at radius 1 is 1.36 bits per heavy atom. The first kappa shape index (κ1) is 9.15. The Kier molecular flexibility index (Phi) is 2.45. The maximum atomic E-state index is 9.46. The highest BCUT2D eigenvalue weighted by Crippen LogP contribution is 2.35. The molecule has 0 bridgehead atoms. The zero-order chi connectivity index (χ0) is 9.97. The number of aromatic hydroxyl groups is 2. The van der Waals surface area contributed by atoms with Crippen molar-refractivity contribution in [3.63, 3.8) is 0 Å². The van der Waals surface area contributed by atoms with Crippen molar-refractivity contribution in [2.75, 3.05) is 13.1 Å². The summed E-state index contributed by atoms with van der Waals surface area (Å²) < 4.78 is 5.51. The minimum absolute atomic E-state index is 0.0858. The van der Waals surface area contributed by atoms with Crippen LogP contribution in [-0.4, -0.2) is 29.4 Å². The van der Waals surface area contributed by atoms with Gasteiger partial charge in [0, 0.05) is 6.54 Å². The molecule has 0 aromatic heterocycles. The zero-order valence-electron chi connectivity index (χ0n) is 7.73. The number of para-hydroxylation sites is 1. The van der Waals surface area contributed by atoms with Gasteiger partial charge in [-0.25, -0.2) is 0 Å². The molecule has 1 unspecified atom stereocenters. The van der Waals surface area contributed by atoms with Gasteiger partial charge in [-0.05, 0) is 25.1 Å². The number of phenols is 2. The van der Waals surface area contributed by atoms with E-state index in [2.05, 4.69) is 5.32 Å². The molecule has 0 aliphatic carbocycles. The fourth-order valence-electron chi connectivity index (χ4n) is 1.51. The van der Waals surface area contributed by atoms with E-state index in [-0.39, 0.29) is 17.6 Å². The molecule has 0 amide bonds. The summed E-state index contributed by atoms with van der Waals surface area (Å²) >= 11 is 0. The van der Waals surface area contributed by atoms with Gasteiger partial charge in [0.2, 0.25) is 5.75 Å². The Morgan fingerprint density at radius 2 is 2.21 bits per heavy atom. The zero-order valence-corrected chi connectivity index (χ0v) is 7.73. The van der Waals surface area contributed by atoms with E-state index >= 15 is 0 Å². The Balaban J connectivity index is 2.11. The van der Waals surface area contributed by atoms with Crippen LogP contribution in [0.2, 0.25) is 0 Å². The van der Waals surface area contributed by atoms with Crippen LogP contribution in [0, 0.1) is 0 Å². The summed E-state index contributed by atoms with van der Waals surface area (Å²) in [6.07, 6.45) is 1.01. The number of rotatable bonds is 2. The molecule has 1 aromatic rings. The van der Waals surface area contributed by atoms with Crippen molar-refractivity contribution in [3.8, 4) is 17.2 Å². The van der Waals surface area contributed by atoms with E-state index in [1.54, 1.807) is 12.1 Å². The fourth-order valence-corrected chi connectivity index (χ4v) is 1.51. The van der Waals surface area contributed by atoms with Gasteiger partial charge in [0.1, 0.15) is 6.10 Å². The molecule has 0 spiro atoms. The van der Waals surface area contributed by atoms with Crippen molar-refractivity contribution in [2.24, 2.45) is 0 Å². The van der Waals surface area contributed by atoms with Crippen LogP contribution in [-0.2, 0) is 0 Å². The number of phenolic OH excluding ortho intramolecular Hbond substituents is 2. The normalized spacial score (nSPS) is 21.0. The second kappa shape index (κ2) is 3.75. The van der Waals surface area contributed by atoms with Crippen LogP contribution in [0.5, 0.6) is 17.2 Å². The molecule has 4 nitrogen and oxygen atoms in total. The first-order valence-corrected chi connectivity index (χ1v) is 4.65. The molecule has 3 N–H and O–H groups in total. The van der Waals surface area contributed by atoms with Gasteiger partial charge in [-0.2, -0.15) is 0 Å². The minimum atomic E-state index is -0.181. The summed E-state index contributed by atoms with van der Waals surface area (Å²) in [7, 11) is 0. The van der Waals surface area contributed by atoms with Crippen LogP contribution < -0.4 is 10.1 Å². The van der Waals surface area contributed by atoms with Gasteiger partial charge in [0.15, 0.2) is 11.5 Å². The molecule has 0 radical (unpaired) electrons. The van der Waals surface area contributed by atoms with E-state index in [9.17, 15) is 10.2 Å². The van der Waals surface area contributed by atoms with E-state index in [0.717, 1.165) is 19.5 Å². The third kappa shape index (κ3) is 1.75. The quantitative estimate of drug-likeness (QED) is 0.612. The lowest BCUT2D eigenvalue weighted by molar-refractivity contribution is 0.212. The lowest BCUT2D eigenvalue weighted by Crippen LogP contribution is -2.19. The molecule has 1 aromatic carbocycles. The number of nitrogens with one attached hydrogen (secondary N) is 1. The highest BCUT2D eigenvalue weighted by Gasteiger charge is 2.18. The lowest BCUT2D eigenvalue weighted by atomic mass is 10.2. The van der Waals surface area contributed by atoms with Gasteiger partial charge in [-0.15, -0.1) is 0 Å². The average molecular weight is 195 g/mol. The summed E-state index contributed by atoms with van der Waals surface area (Å²) in [5.41, 5.74) is 0. The fraction of sp³-hybridized carbons (Fsp3) is 0.400. The van der Waals surface area contributed by atoms with Crippen molar-refractivity contribution >= 4 is 0 Å². The monoisotopic (exact) mass is 195 g/mol. The smallest absolute Gasteiger partial charge is 0.200 e. The second-order valence-corrected chi connectivity index (χ2v) is 3.36. The van der Waals surface area contributed by atoms with Gasteiger partial charge < -0.3 is 20.3 Å². The predicted molar refractivity (Wildman–Crippen MR) is 51.7 cm³/mol. The predicted octanol–water partition coefficient (Wildman–Crippen LogP) is 0.838. The van der Waals surface area contributed by atoms with Crippen molar-refractivity contribution in [2.45, 2.75) is 12.5 Å². The largest absolute Gasteiger partial charge is 0.504 e. The van der Waals surface area contributed by atoms with Gasteiger partial charge in [0.05, 0.1) is 0 Å². The first-order valence-electron chi connectivity index (χ1n) is 4.65. The average Bonchev–Trinajstić information content (AvgIpc) is 2.66. The molecule has 2 rings (SSSR count). The molecule has 1 atom stereocenters. The highest BCUT2D eigenvalue weighted by molar-refractivity contribution is 5.48. The summed E-state index contributed by atoms with van der Waals surface area (Å²) in [4.78, 5) is 0. The third-order valence-electron chi connectivity index (χ3n) is 2.29. The van der Waals surface area contributed by atoms with Crippen LogP contribution in [0.25, 0.3) is 0 Å². The topological polar surface area (TPSA) is 61.7 Å². The molecular weight excluding hydrogens is 182 g/mol. The number of hydrogen-bond donors (Lipinski definition) is 3. The molecule has 1 aliphatic heterocycles. The summed E-state index contributed by atoms with van der Waals surface area (Å²) in [6, 6.07) is 4.72. The molecule has 14 heavy (non-hydrogen) atoms. The van der Waals surface area contributed by atoms with E-state index < -0.39 is 0 Å². The highest BCUT2D eigenvalue weighted by atomic mass is 16.5. The molecule has 0 saturated carbocycles. The molecule has 1 fully saturated rings. The van der Waals surface area contributed by atoms with Crippen molar-refractivity contribution in [3.05, 3.63) is 18.2 Å². The standard InChI is InChI=1S/C10H13NO3/c12-8-2-1-3-9(10(8)13)14-7-4-5-11-6-7/h1-3,7,11-13H,4-6H2. The van der Waals surface area contributed by atoms with Crippen LogP contribution in [0.3, 0.4) is 0 Å². The number of hydrogen-bond acceptors (Lipinski definition) is 4. The molecule has 1 heterocycles. The molecule has 76 valence electrons. The second-order valence-electron chi connectivity index (χ2n) is 3.36. The van der Waals surface area contributed by atoms with Crippen molar-refractivity contribution in [1.29, 1.82) is 0 Å². The van der Waals surface area contributed by atoms with Gasteiger partial charge in [0.25, 0.3) is 0 Å². The summed E-state index contributed by atoms with van der Waals surface area (Å²) in [5, 5.41) is 21.8. The summed E-state index contributed by atoms with van der Waals surface area (Å²) in [6.45, 7) is 1.72. The van der Waals surface area contributed by atoms with Crippen molar-refractivity contribution < 1.29 is 14.9 Å². The third-order valence-corrected chi connectivity index (χ3v) is 2.29. The Morgan fingerprint density at radius 3 is 2.93 bits per heavy atom. The minimum Gasteiger partial charge on any atom is -0.504 e. The SMILES string of the molecule is Oc1cccc(OC2CCNC2)c1O. The number of benzene rings is 1. The molecule has 1 aliphatic rings. The Labute approximate surface area is 82.1 Å². The molecular formula is C10H13NO3. The van der Waals surface area contributed by atoms with E-state index in [4.69, 9.17) is 4.74 Å². The van der Waals surface area contributed by atoms with Crippen LogP contribution >= 0.6 is 0 Å². The van der Waals surface area contributed by atoms with Gasteiger partial charge in [-0.1, -0.05) is 6.07 Å². The van der Waals surface area contributed by atoms with Gasteiger partial charge >= 0.3 is 0 Å². The maximum Gasteiger partial charge on any atom is 0.200 e. The Hall–Kier alpha value is -1.42. The number of ether oxygens (including phenoxy) is 1. The van der Waals surface area contributed by atoms with Crippen LogP contribution in [0.15, 0.2) is 18.2 Å². The summed E-state index contributed by atoms with van der Waals surface area (Å²) in [5.74, 6) is 0.0200. The first-order chi connectivity index (χ1) is 6.77. The van der Waals surface area contributed by atoms with E-state index in [1.165, 1.54) is 6.07 Å².